The lowest BCUT2D eigenvalue weighted by atomic mass is 9.72. The monoisotopic (exact) mass is 440 g/mol. The van der Waals surface area contributed by atoms with Crippen molar-refractivity contribution in [3.8, 4) is 6.07 Å². The molecule has 6 nitrogen and oxygen atoms in total. The van der Waals surface area contributed by atoms with Crippen LogP contribution in [0.15, 0.2) is 66.7 Å². The molecule has 0 radical (unpaired) electrons. The second kappa shape index (κ2) is 9.33. The van der Waals surface area contributed by atoms with Gasteiger partial charge in [-0.1, -0.05) is 54.6 Å². The molecule has 0 aliphatic carbocycles. The summed E-state index contributed by atoms with van der Waals surface area (Å²) in [5.74, 6) is -0.168. The summed E-state index contributed by atoms with van der Waals surface area (Å²) in [5, 5.41) is 13.7. The quantitative estimate of drug-likeness (QED) is 0.614. The maximum atomic E-state index is 13.6. The van der Waals surface area contributed by atoms with Gasteiger partial charge in [-0.3, -0.25) is 9.59 Å². The highest BCUT2D eigenvalue weighted by Crippen LogP contribution is 2.37. The van der Waals surface area contributed by atoms with Gasteiger partial charge in [-0.15, -0.1) is 0 Å². The van der Waals surface area contributed by atoms with E-state index in [1.54, 1.807) is 0 Å². The predicted molar refractivity (Wildman–Crippen MR) is 130 cm³/mol. The summed E-state index contributed by atoms with van der Waals surface area (Å²) in [6, 6.07) is 23.5. The fraction of sp³-hybridized carbons (Fsp3) is 0.296. The number of nitrogens with zero attached hydrogens (tertiary/aromatic N) is 3. The molecule has 0 unspecified atom stereocenters. The summed E-state index contributed by atoms with van der Waals surface area (Å²) in [6.07, 6.45) is 1.02. The molecule has 168 valence electrons. The number of anilines is 1. The van der Waals surface area contributed by atoms with Gasteiger partial charge in [0.15, 0.2) is 0 Å². The first-order chi connectivity index (χ1) is 16.0. The Balaban J connectivity index is 1.62. The van der Waals surface area contributed by atoms with Gasteiger partial charge in [0.2, 0.25) is 5.91 Å². The van der Waals surface area contributed by atoms with E-state index in [4.69, 9.17) is 5.26 Å². The van der Waals surface area contributed by atoms with Crippen LogP contribution in [0, 0.1) is 11.3 Å². The summed E-state index contributed by atoms with van der Waals surface area (Å²) < 4.78 is 0. The third-order valence-corrected chi connectivity index (χ3v) is 6.61. The number of carbonyl (C=O) groups excluding carboxylic acids is 2. The Morgan fingerprint density at radius 3 is 2.24 bits per heavy atom. The normalized spacial score (nSPS) is 15.0. The van der Waals surface area contributed by atoms with E-state index in [9.17, 15) is 9.59 Å². The number of likely N-dealkylation sites (tertiary alicyclic amines) is 1. The molecule has 4 rings (SSSR count). The number of hydrogen-bond donors (Lipinski definition) is 1. The number of rotatable bonds is 5. The van der Waals surface area contributed by atoms with E-state index in [1.165, 1.54) is 0 Å². The van der Waals surface area contributed by atoms with Crippen molar-refractivity contribution in [2.45, 2.75) is 18.3 Å². The molecule has 0 saturated carbocycles. The zero-order valence-corrected chi connectivity index (χ0v) is 19.0. The first-order valence-corrected chi connectivity index (χ1v) is 11.2. The van der Waals surface area contributed by atoms with Crippen molar-refractivity contribution in [1.82, 2.24) is 10.2 Å². The van der Waals surface area contributed by atoms with Crippen LogP contribution < -0.4 is 10.2 Å². The van der Waals surface area contributed by atoms with Gasteiger partial charge in [-0.2, -0.15) is 5.26 Å². The van der Waals surface area contributed by atoms with Gasteiger partial charge < -0.3 is 15.1 Å². The highest BCUT2D eigenvalue weighted by Gasteiger charge is 2.43. The van der Waals surface area contributed by atoms with E-state index in [0.717, 1.165) is 22.0 Å². The predicted octanol–water partition coefficient (Wildman–Crippen LogP) is 3.72. The molecule has 1 aliphatic heterocycles. The number of carbonyl (C=O) groups is 2. The summed E-state index contributed by atoms with van der Waals surface area (Å²) in [7, 11) is 3.99. The zero-order valence-electron chi connectivity index (χ0n) is 19.0. The average molecular weight is 441 g/mol. The maximum absolute atomic E-state index is 13.6. The van der Waals surface area contributed by atoms with Gasteiger partial charge >= 0.3 is 0 Å². The maximum Gasteiger partial charge on any atom is 0.254 e. The van der Waals surface area contributed by atoms with Gasteiger partial charge in [0, 0.05) is 43.8 Å². The van der Waals surface area contributed by atoms with Crippen LogP contribution in [0.4, 0.5) is 5.69 Å². The topological polar surface area (TPSA) is 76.4 Å². The Kier molecular flexibility index (Phi) is 6.32. The van der Waals surface area contributed by atoms with Gasteiger partial charge in [0.05, 0.1) is 11.5 Å². The number of piperidine rings is 1. The number of nitriles is 1. The molecule has 1 fully saturated rings. The average Bonchev–Trinajstić information content (AvgIpc) is 2.86. The standard InChI is InChI=1S/C27H28N4O2/c1-30(2)24-13-12-23(21-10-6-7-11-22(21)24)25(32)31-18-14-27(15-19-31,26(33)29-17-16-28)20-8-4-3-5-9-20/h3-13H,14-15,17-19H2,1-2H3,(H,29,33). The lowest BCUT2D eigenvalue weighted by Crippen LogP contribution is -2.53. The zero-order chi connectivity index (χ0) is 23.4. The van der Waals surface area contributed by atoms with Crippen molar-refractivity contribution in [2.24, 2.45) is 0 Å². The van der Waals surface area contributed by atoms with Gasteiger partial charge in [-0.25, -0.2) is 0 Å². The highest BCUT2D eigenvalue weighted by molar-refractivity contribution is 6.10. The Bertz CT molecular complexity index is 1210. The van der Waals surface area contributed by atoms with Gasteiger partial charge in [-0.05, 0) is 35.9 Å². The van der Waals surface area contributed by atoms with Crippen LogP contribution in [0.3, 0.4) is 0 Å². The summed E-state index contributed by atoms with van der Waals surface area (Å²) >= 11 is 0. The molecule has 3 aromatic rings. The molecule has 0 bridgehead atoms. The van der Waals surface area contributed by atoms with Crippen LogP contribution in [0.1, 0.15) is 28.8 Å². The first kappa shape index (κ1) is 22.3. The molecule has 1 heterocycles. The lowest BCUT2D eigenvalue weighted by molar-refractivity contribution is -0.128. The molecule has 33 heavy (non-hydrogen) atoms. The smallest absolute Gasteiger partial charge is 0.254 e. The molecule has 1 N–H and O–H groups in total. The van der Waals surface area contributed by atoms with Crippen molar-refractivity contribution in [3.05, 3.63) is 77.9 Å². The number of fused-ring (bicyclic) bond motifs is 1. The van der Waals surface area contributed by atoms with Crippen LogP contribution in [-0.4, -0.2) is 50.4 Å². The second-order valence-electron chi connectivity index (χ2n) is 8.65. The van der Waals surface area contributed by atoms with E-state index in [0.29, 0.717) is 31.5 Å². The molecular weight excluding hydrogens is 412 g/mol. The van der Waals surface area contributed by atoms with Crippen molar-refractivity contribution in [3.63, 3.8) is 0 Å². The van der Waals surface area contributed by atoms with Gasteiger partial charge in [0.25, 0.3) is 5.91 Å². The van der Waals surface area contributed by atoms with E-state index in [-0.39, 0.29) is 18.4 Å². The van der Waals surface area contributed by atoms with E-state index < -0.39 is 5.41 Å². The third kappa shape index (κ3) is 4.14. The van der Waals surface area contributed by atoms with Crippen molar-refractivity contribution in [2.75, 3.05) is 38.6 Å². The van der Waals surface area contributed by atoms with Crippen LogP contribution >= 0.6 is 0 Å². The van der Waals surface area contributed by atoms with Crippen molar-refractivity contribution < 1.29 is 9.59 Å². The fourth-order valence-electron chi connectivity index (χ4n) is 4.81. The number of benzene rings is 3. The van der Waals surface area contributed by atoms with Crippen LogP contribution in [0.25, 0.3) is 10.8 Å². The minimum atomic E-state index is -0.744. The first-order valence-electron chi connectivity index (χ1n) is 11.2. The van der Waals surface area contributed by atoms with E-state index in [1.807, 2.05) is 96.7 Å². The van der Waals surface area contributed by atoms with Crippen molar-refractivity contribution >= 4 is 28.3 Å². The molecule has 6 heteroatoms. The molecular formula is C27H28N4O2. The van der Waals surface area contributed by atoms with E-state index >= 15 is 0 Å². The molecule has 0 aromatic heterocycles. The summed E-state index contributed by atoms with van der Waals surface area (Å²) in [6.45, 7) is 0.912. The number of nitrogens with one attached hydrogen (secondary N) is 1. The Hall–Kier alpha value is -3.85. The molecule has 0 atom stereocenters. The Morgan fingerprint density at radius 1 is 0.970 bits per heavy atom. The van der Waals surface area contributed by atoms with Crippen LogP contribution in [0.2, 0.25) is 0 Å². The van der Waals surface area contributed by atoms with Crippen LogP contribution in [0.5, 0.6) is 0 Å². The SMILES string of the molecule is CN(C)c1ccc(C(=O)N2CCC(C(=O)NCC#N)(c3ccccc3)CC2)c2ccccc12. The van der Waals surface area contributed by atoms with Crippen molar-refractivity contribution in [1.29, 1.82) is 5.26 Å². The fourth-order valence-corrected chi connectivity index (χ4v) is 4.81. The summed E-state index contributed by atoms with van der Waals surface area (Å²) in [5.41, 5.74) is 1.93. The Morgan fingerprint density at radius 2 is 1.61 bits per heavy atom. The Labute approximate surface area is 194 Å². The number of hydrogen-bond acceptors (Lipinski definition) is 4. The second-order valence-corrected chi connectivity index (χ2v) is 8.65. The third-order valence-electron chi connectivity index (χ3n) is 6.61. The van der Waals surface area contributed by atoms with E-state index in [2.05, 4.69) is 5.32 Å². The largest absolute Gasteiger partial charge is 0.377 e. The highest BCUT2D eigenvalue weighted by atomic mass is 16.2. The molecule has 3 aromatic carbocycles. The van der Waals surface area contributed by atoms with Crippen LogP contribution in [-0.2, 0) is 10.2 Å². The molecule has 2 amide bonds. The molecule has 0 spiro atoms. The number of amides is 2. The molecule has 1 aliphatic rings. The lowest BCUT2D eigenvalue weighted by Gasteiger charge is -2.41. The minimum absolute atomic E-state index is 0.0180. The molecule has 1 saturated heterocycles. The minimum Gasteiger partial charge on any atom is -0.377 e. The summed E-state index contributed by atoms with van der Waals surface area (Å²) in [4.78, 5) is 30.6. The van der Waals surface area contributed by atoms with Gasteiger partial charge in [0.1, 0.15) is 6.54 Å².